The molecule has 0 bridgehead atoms. The summed E-state index contributed by atoms with van der Waals surface area (Å²) in [6.07, 6.45) is 5.75. The lowest BCUT2D eigenvalue weighted by molar-refractivity contribution is -0.137. The van der Waals surface area contributed by atoms with Crippen LogP contribution in [0, 0.1) is 5.92 Å². The predicted octanol–water partition coefficient (Wildman–Crippen LogP) is 2.24. The first-order valence-corrected chi connectivity index (χ1v) is 6.42. The molecule has 1 aliphatic carbocycles. The summed E-state index contributed by atoms with van der Waals surface area (Å²) in [7, 11) is 0. The van der Waals surface area contributed by atoms with Crippen LogP contribution >= 0.6 is 0 Å². The van der Waals surface area contributed by atoms with E-state index >= 15 is 0 Å². The summed E-state index contributed by atoms with van der Waals surface area (Å²) in [5.41, 5.74) is 1.99. The van der Waals surface area contributed by atoms with Gasteiger partial charge in [0.15, 0.2) is 0 Å². The summed E-state index contributed by atoms with van der Waals surface area (Å²) in [6, 6.07) is 7.86. The van der Waals surface area contributed by atoms with Crippen molar-refractivity contribution in [2.24, 2.45) is 5.92 Å². The molecule has 98 valence electrons. The van der Waals surface area contributed by atoms with Crippen LogP contribution in [-0.4, -0.2) is 26.1 Å². The molecule has 1 atom stereocenters. The topological polar surface area (TPSA) is 68.0 Å². The highest BCUT2D eigenvalue weighted by molar-refractivity contribution is 5.68. The zero-order chi connectivity index (χ0) is 13.2. The summed E-state index contributed by atoms with van der Waals surface area (Å²) in [5.74, 6) is -0.0587. The van der Waals surface area contributed by atoms with Gasteiger partial charge >= 0.3 is 5.97 Å². The maximum Gasteiger partial charge on any atom is 0.303 e. The van der Waals surface area contributed by atoms with E-state index in [4.69, 9.17) is 5.11 Å². The summed E-state index contributed by atoms with van der Waals surface area (Å²) in [4.78, 5) is 12.5. The van der Waals surface area contributed by atoms with Gasteiger partial charge in [-0.2, -0.15) is 15.0 Å². The van der Waals surface area contributed by atoms with Crippen LogP contribution in [0.2, 0.25) is 0 Å². The third-order valence-electron chi connectivity index (χ3n) is 3.56. The molecule has 2 aromatic rings. The molecule has 1 aliphatic rings. The molecule has 1 fully saturated rings. The minimum absolute atomic E-state index is 0.136. The van der Waals surface area contributed by atoms with E-state index in [1.807, 2.05) is 24.3 Å². The molecule has 1 N–H and O–H groups in total. The smallest absolute Gasteiger partial charge is 0.303 e. The minimum atomic E-state index is -0.727. The van der Waals surface area contributed by atoms with E-state index in [0.717, 1.165) is 24.1 Å². The van der Waals surface area contributed by atoms with Gasteiger partial charge in [0.25, 0.3) is 0 Å². The highest BCUT2D eigenvalue weighted by Crippen LogP contribution is 2.44. The van der Waals surface area contributed by atoms with Gasteiger partial charge in [0, 0.05) is 0 Å². The summed E-state index contributed by atoms with van der Waals surface area (Å²) >= 11 is 0. The lowest BCUT2D eigenvalue weighted by Gasteiger charge is -2.14. The second-order valence-electron chi connectivity index (χ2n) is 4.95. The van der Waals surface area contributed by atoms with Gasteiger partial charge in [-0.1, -0.05) is 12.1 Å². The highest BCUT2D eigenvalue weighted by Gasteiger charge is 2.33. The largest absolute Gasteiger partial charge is 0.481 e. The lowest BCUT2D eigenvalue weighted by Crippen LogP contribution is -2.08. The van der Waals surface area contributed by atoms with Gasteiger partial charge in [0.1, 0.15) is 0 Å². The van der Waals surface area contributed by atoms with E-state index in [2.05, 4.69) is 10.2 Å². The molecule has 1 aromatic heterocycles. The Morgan fingerprint density at radius 1 is 1.26 bits per heavy atom. The number of carbonyl (C=O) groups is 1. The van der Waals surface area contributed by atoms with Crippen LogP contribution in [0.15, 0.2) is 36.7 Å². The second kappa shape index (κ2) is 4.84. The van der Waals surface area contributed by atoms with Crippen LogP contribution in [-0.2, 0) is 4.79 Å². The summed E-state index contributed by atoms with van der Waals surface area (Å²) in [5, 5.41) is 17.1. The van der Waals surface area contributed by atoms with Crippen molar-refractivity contribution >= 4 is 5.97 Å². The third-order valence-corrected chi connectivity index (χ3v) is 3.56. The normalized spacial score (nSPS) is 16.2. The zero-order valence-corrected chi connectivity index (χ0v) is 10.4. The SMILES string of the molecule is O=C(O)CC(c1ccc(-n2nccn2)cc1)C1CC1. The Morgan fingerprint density at radius 3 is 2.42 bits per heavy atom. The van der Waals surface area contributed by atoms with E-state index in [1.165, 1.54) is 0 Å². The lowest BCUT2D eigenvalue weighted by atomic mass is 9.91. The van der Waals surface area contributed by atoms with Crippen molar-refractivity contribution in [2.75, 3.05) is 0 Å². The molecular weight excluding hydrogens is 242 g/mol. The van der Waals surface area contributed by atoms with Crippen molar-refractivity contribution in [1.29, 1.82) is 0 Å². The van der Waals surface area contributed by atoms with Crippen LogP contribution in [0.1, 0.15) is 30.7 Å². The first-order valence-electron chi connectivity index (χ1n) is 6.42. The highest BCUT2D eigenvalue weighted by atomic mass is 16.4. The number of hydrogen-bond donors (Lipinski definition) is 1. The van der Waals surface area contributed by atoms with Gasteiger partial charge in [-0.3, -0.25) is 4.79 Å². The fraction of sp³-hybridized carbons (Fsp3) is 0.357. The predicted molar refractivity (Wildman–Crippen MR) is 69.1 cm³/mol. The molecular formula is C14H15N3O2. The molecule has 1 heterocycles. The molecule has 0 aliphatic heterocycles. The number of nitrogens with zero attached hydrogens (tertiary/aromatic N) is 3. The van der Waals surface area contributed by atoms with Crippen LogP contribution in [0.5, 0.6) is 0 Å². The van der Waals surface area contributed by atoms with Crippen molar-refractivity contribution in [1.82, 2.24) is 15.0 Å². The number of rotatable bonds is 5. The van der Waals surface area contributed by atoms with Gasteiger partial charge < -0.3 is 5.11 Å². The van der Waals surface area contributed by atoms with Crippen LogP contribution < -0.4 is 0 Å². The Kier molecular flexibility index (Phi) is 3.03. The standard InChI is InChI=1S/C14H15N3O2/c18-14(19)9-13(10-1-2-10)11-3-5-12(6-4-11)17-15-7-8-16-17/h3-8,10,13H,1-2,9H2,(H,18,19). The minimum Gasteiger partial charge on any atom is -0.481 e. The van der Waals surface area contributed by atoms with Crippen molar-refractivity contribution in [3.05, 3.63) is 42.2 Å². The van der Waals surface area contributed by atoms with E-state index in [1.54, 1.807) is 17.2 Å². The number of benzene rings is 1. The average Bonchev–Trinajstić information content (AvgIpc) is 3.10. The quantitative estimate of drug-likeness (QED) is 0.891. The Hall–Kier alpha value is -2.17. The van der Waals surface area contributed by atoms with Gasteiger partial charge in [0.2, 0.25) is 0 Å². The second-order valence-corrected chi connectivity index (χ2v) is 4.95. The molecule has 5 heteroatoms. The molecule has 0 spiro atoms. The summed E-state index contributed by atoms with van der Waals surface area (Å²) < 4.78 is 0. The maximum atomic E-state index is 10.9. The van der Waals surface area contributed by atoms with Gasteiger partial charge in [-0.15, -0.1) is 0 Å². The van der Waals surface area contributed by atoms with Crippen molar-refractivity contribution < 1.29 is 9.90 Å². The Labute approximate surface area is 110 Å². The number of aromatic nitrogens is 3. The zero-order valence-electron chi connectivity index (χ0n) is 10.4. The van der Waals surface area contributed by atoms with Crippen LogP contribution in [0.3, 0.4) is 0 Å². The molecule has 19 heavy (non-hydrogen) atoms. The molecule has 1 aromatic carbocycles. The van der Waals surface area contributed by atoms with Crippen molar-refractivity contribution in [2.45, 2.75) is 25.2 Å². The van der Waals surface area contributed by atoms with Gasteiger partial charge in [-0.25, -0.2) is 0 Å². The first kappa shape index (κ1) is 11.9. The number of carboxylic acids is 1. The third kappa shape index (κ3) is 2.65. The molecule has 0 radical (unpaired) electrons. The molecule has 5 nitrogen and oxygen atoms in total. The Bertz CT molecular complexity index is 559. The van der Waals surface area contributed by atoms with Gasteiger partial charge in [-0.05, 0) is 42.4 Å². The number of hydrogen-bond acceptors (Lipinski definition) is 3. The Balaban J connectivity index is 1.82. The molecule has 0 saturated heterocycles. The van der Waals surface area contributed by atoms with Crippen molar-refractivity contribution in [3.63, 3.8) is 0 Å². The maximum absolute atomic E-state index is 10.9. The van der Waals surface area contributed by atoms with E-state index in [0.29, 0.717) is 5.92 Å². The van der Waals surface area contributed by atoms with Crippen LogP contribution in [0.25, 0.3) is 5.69 Å². The van der Waals surface area contributed by atoms with Gasteiger partial charge in [0.05, 0.1) is 24.5 Å². The van der Waals surface area contributed by atoms with Crippen molar-refractivity contribution in [3.8, 4) is 5.69 Å². The molecule has 1 unspecified atom stereocenters. The summed E-state index contributed by atoms with van der Waals surface area (Å²) in [6.45, 7) is 0. The first-order chi connectivity index (χ1) is 9.24. The Morgan fingerprint density at radius 2 is 1.89 bits per heavy atom. The molecule has 0 amide bonds. The number of aliphatic carboxylic acids is 1. The number of carboxylic acid groups (broad SMARTS) is 1. The van der Waals surface area contributed by atoms with E-state index < -0.39 is 5.97 Å². The van der Waals surface area contributed by atoms with Crippen LogP contribution in [0.4, 0.5) is 0 Å². The van der Waals surface area contributed by atoms with E-state index in [-0.39, 0.29) is 12.3 Å². The fourth-order valence-corrected chi connectivity index (χ4v) is 2.45. The average molecular weight is 257 g/mol. The molecule has 1 saturated carbocycles. The molecule has 3 rings (SSSR count). The fourth-order valence-electron chi connectivity index (χ4n) is 2.45. The van der Waals surface area contributed by atoms with E-state index in [9.17, 15) is 4.79 Å². The monoisotopic (exact) mass is 257 g/mol.